The minimum Gasteiger partial charge on any atom is -0.370 e. The van der Waals surface area contributed by atoms with Crippen molar-refractivity contribution in [2.45, 2.75) is 33.1 Å². The summed E-state index contributed by atoms with van der Waals surface area (Å²) in [4.78, 5) is 11.2. The Hall–Kier alpha value is -1.36. The molecule has 2 rings (SSSR count). The van der Waals surface area contributed by atoms with Crippen molar-refractivity contribution in [3.05, 3.63) is 12.3 Å². The average Bonchev–Trinajstić information content (AvgIpc) is 2.52. The van der Waals surface area contributed by atoms with Gasteiger partial charge in [-0.3, -0.25) is 0 Å². The number of hydrogen-bond acceptors (Lipinski definition) is 5. The number of piperidine rings is 1. The van der Waals surface area contributed by atoms with Crippen LogP contribution >= 0.6 is 0 Å². The van der Waals surface area contributed by atoms with E-state index in [4.69, 9.17) is 0 Å². The Labute approximate surface area is 122 Å². The minimum atomic E-state index is 0.720. The van der Waals surface area contributed by atoms with Crippen LogP contribution in [0, 0.1) is 5.92 Å². The SMILES string of the molecule is CCCNc1nccc(NCC2CCN(CC)CC2)n1. The van der Waals surface area contributed by atoms with Crippen LogP contribution in [-0.4, -0.2) is 47.6 Å². The molecule has 1 saturated heterocycles. The lowest BCUT2D eigenvalue weighted by Gasteiger charge is -2.31. The van der Waals surface area contributed by atoms with Gasteiger partial charge in [0, 0.05) is 19.3 Å². The van der Waals surface area contributed by atoms with Gasteiger partial charge >= 0.3 is 0 Å². The summed E-state index contributed by atoms with van der Waals surface area (Å²) in [6.07, 6.45) is 5.46. The molecular weight excluding hydrogens is 250 g/mol. The van der Waals surface area contributed by atoms with Gasteiger partial charge in [0.2, 0.25) is 5.95 Å². The average molecular weight is 277 g/mol. The molecule has 0 saturated carbocycles. The number of anilines is 2. The van der Waals surface area contributed by atoms with E-state index in [0.717, 1.165) is 37.2 Å². The highest BCUT2D eigenvalue weighted by molar-refractivity contribution is 5.39. The number of rotatable bonds is 7. The fraction of sp³-hybridized carbons (Fsp3) is 0.733. The Kier molecular flexibility index (Phi) is 6.05. The molecule has 1 aliphatic rings. The van der Waals surface area contributed by atoms with Gasteiger partial charge < -0.3 is 15.5 Å². The van der Waals surface area contributed by atoms with E-state index in [1.807, 2.05) is 12.3 Å². The van der Waals surface area contributed by atoms with Crippen molar-refractivity contribution < 1.29 is 0 Å². The molecule has 1 fully saturated rings. The molecule has 0 spiro atoms. The Bertz CT molecular complexity index is 388. The van der Waals surface area contributed by atoms with Crippen LogP contribution in [0.15, 0.2) is 12.3 Å². The summed E-state index contributed by atoms with van der Waals surface area (Å²) in [5.41, 5.74) is 0. The summed E-state index contributed by atoms with van der Waals surface area (Å²) in [7, 11) is 0. The maximum atomic E-state index is 4.48. The highest BCUT2D eigenvalue weighted by atomic mass is 15.1. The predicted octanol–water partition coefficient (Wildman–Crippen LogP) is 2.44. The van der Waals surface area contributed by atoms with Crippen molar-refractivity contribution in [2.24, 2.45) is 5.92 Å². The predicted molar refractivity (Wildman–Crippen MR) is 84.1 cm³/mol. The highest BCUT2D eigenvalue weighted by Gasteiger charge is 2.17. The van der Waals surface area contributed by atoms with Gasteiger partial charge in [-0.25, -0.2) is 4.98 Å². The molecule has 5 heteroatoms. The second-order valence-corrected chi connectivity index (χ2v) is 5.45. The first-order chi connectivity index (χ1) is 9.81. The summed E-state index contributed by atoms with van der Waals surface area (Å²) in [5, 5.41) is 6.67. The molecule has 1 aliphatic heterocycles. The Balaban J connectivity index is 1.76. The minimum absolute atomic E-state index is 0.720. The summed E-state index contributed by atoms with van der Waals surface area (Å²) in [5.74, 6) is 2.41. The Morgan fingerprint density at radius 3 is 2.75 bits per heavy atom. The van der Waals surface area contributed by atoms with E-state index in [1.54, 1.807) is 0 Å². The van der Waals surface area contributed by atoms with Crippen molar-refractivity contribution in [1.29, 1.82) is 0 Å². The fourth-order valence-corrected chi connectivity index (χ4v) is 2.53. The van der Waals surface area contributed by atoms with Crippen molar-refractivity contribution >= 4 is 11.8 Å². The Morgan fingerprint density at radius 1 is 1.25 bits per heavy atom. The van der Waals surface area contributed by atoms with Crippen molar-refractivity contribution in [1.82, 2.24) is 14.9 Å². The smallest absolute Gasteiger partial charge is 0.224 e. The lowest BCUT2D eigenvalue weighted by molar-refractivity contribution is 0.198. The third kappa shape index (κ3) is 4.63. The molecule has 2 heterocycles. The molecule has 0 amide bonds. The number of aromatic nitrogens is 2. The van der Waals surface area contributed by atoms with Crippen LogP contribution in [-0.2, 0) is 0 Å². The number of hydrogen-bond donors (Lipinski definition) is 2. The third-order valence-electron chi connectivity index (χ3n) is 3.91. The second-order valence-electron chi connectivity index (χ2n) is 5.45. The molecular formula is C15H27N5. The molecule has 20 heavy (non-hydrogen) atoms. The van der Waals surface area contributed by atoms with Crippen LogP contribution < -0.4 is 10.6 Å². The van der Waals surface area contributed by atoms with E-state index in [2.05, 4.69) is 39.3 Å². The molecule has 2 N–H and O–H groups in total. The lowest BCUT2D eigenvalue weighted by Crippen LogP contribution is -2.35. The summed E-state index contributed by atoms with van der Waals surface area (Å²) < 4.78 is 0. The first-order valence-corrected chi connectivity index (χ1v) is 7.85. The van der Waals surface area contributed by atoms with Gasteiger partial charge in [-0.05, 0) is 50.9 Å². The molecule has 0 unspecified atom stereocenters. The maximum absolute atomic E-state index is 4.48. The van der Waals surface area contributed by atoms with Crippen LogP contribution in [0.25, 0.3) is 0 Å². The molecule has 0 atom stereocenters. The van der Waals surface area contributed by atoms with Crippen LogP contribution in [0.1, 0.15) is 33.1 Å². The van der Waals surface area contributed by atoms with Crippen molar-refractivity contribution in [2.75, 3.05) is 43.4 Å². The van der Waals surface area contributed by atoms with Crippen LogP contribution in [0.5, 0.6) is 0 Å². The molecule has 0 aliphatic carbocycles. The first-order valence-electron chi connectivity index (χ1n) is 7.85. The van der Waals surface area contributed by atoms with E-state index < -0.39 is 0 Å². The van der Waals surface area contributed by atoms with E-state index in [0.29, 0.717) is 0 Å². The van der Waals surface area contributed by atoms with E-state index in [1.165, 1.54) is 32.5 Å². The zero-order valence-electron chi connectivity index (χ0n) is 12.7. The lowest BCUT2D eigenvalue weighted by atomic mass is 9.97. The molecule has 0 aromatic carbocycles. The summed E-state index contributed by atoms with van der Waals surface area (Å²) in [6, 6.07) is 1.94. The quantitative estimate of drug-likeness (QED) is 0.802. The highest BCUT2D eigenvalue weighted by Crippen LogP contribution is 2.17. The third-order valence-corrected chi connectivity index (χ3v) is 3.91. The van der Waals surface area contributed by atoms with Crippen molar-refractivity contribution in [3.8, 4) is 0 Å². The normalized spacial score (nSPS) is 17.1. The number of nitrogens with zero attached hydrogens (tertiary/aromatic N) is 3. The van der Waals surface area contributed by atoms with Crippen LogP contribution in [0.3, 0.4) is 0 Å². The topological polar surface area (TPSA) is 53.1 Å². The van der Waals surface area contributed by atoms with Gasteiger partial charge in [0.25, 0.3) is 0 Å². The van der Waals surface area contributed by atoms with Crippen molar-refractivity contribution in [3.63, 3.8) is 0 Å². The largest absolute Gasteiger partial charge is 0.370 e. The molecule has 1 aromatic rings. The van der Waals surface area contributed by atoms with Gasteiger partial charge in [0.1, 0.15) is 5.82 Å². The van der Waals surface area contributed by atoms with Crippen LogP contribution in [0.2, 0.25) is 0 Å². The van der Waals surface area contributed by atoms with E-state index in [9.17, 15) is 0 Å². The maximum Gasteiger partial charge on any atom is 0.224 e. The molecule has 112 valence electrons. The Morgan fingerprint density at radius 2 is 2.05 bits per heavy atom. The number of likely N-dealkylation sites (tertiary alicyclic amines) is 1. The first kappa shape index (κ1) is 15.0. The van der Waals surface area contributed by atoms with E-state index >= 15 is 0 Å². The standard InChI is InChI=1S/C15H27N5/c1-3-8-16-15-17-9-5-14(19-15)18-12-13-6-10-20(4-2)11-7-13/h5,9,13H,3-4,6-8,10-12H2,1-2H3,(H2,16,17,18,19). The molecule has 1 aromatic heterocycles. The monoisotopic (exact) mass is 277 g/mol. The molecule has 0 radical (unpaired) electrons. The van der Waals surface area contributed by atoms with E-state index in [-0.39, 0.29) is 0 Å². The van der Waals surface area contributed by atoms with Gasteiger partial charge in [0.15, 0.2) is 0 Å². The van der Waals surface area contributed by atoms with Gasteiger partial charge in [-0.15, -0.1) is 0 Å². The van der Waals surface area contributed by atoms with Gasteiger partial charge in [-0.2, -0.15) is 4.98 Å². The second kappa shape index (κ2) is 8.04. The zero-order valence-corrected chi connectivity index (χ0v) is 12.7. The fourth-order valence-electron chi connectivity index (χ4n) is 2.53. The molecule has 5 nitrogen and oxygen atoms in total. The number of nitrogens with one attached hydrogen (secondary N) is 2. The zero-order chi connectivity index (χ0) is 14.2. The molecule has 0 bridgehead atoms. The van der Waals surface area contributed by atoms with Gasteiger partial charge in [0.05, 0.1) is 0 Å². The van der Waals surface area contributed by atoms with Crippen LogP contribution in [0.4, 0.5) is 11.8 Å². The van der Waals surface area contributed by atoms with Gasteiger partial charge in [-0.1, -0.05) is 13.8 Å². The summed E-state index contributed by atoms with van der Waals surface area (Å²) in [6.45, 7) is 9.95. The summed E-state index contributed by atoms with van der Waals surface area (Å²) >= 11 is 0.